The van der Waals surface area contributed by atoms with Gasteiger partial charge in [-0.25, -0.2) is 0 Å². The molecule has 3 N–H and O–H groups in total. The van der Waals surface area contributed by atoms with Crippen molar-refractivity contribution < 1.29 is 18.0 Å². The Morgan fingerprint density at radius 1 is 1.16 bits per heavy atom. The molecule has 0 spiro atoms. The lowest BCUT2D eigenvalue weighted by atomic mass is 10.1. The molecule has 1 aromatic rings. The second-order valence-corrected chi connectivity index (χ2v) is 5.18. The molecule has 0 heterocycles. The molecule has 0 bridgehead atoms. The van der Waals surface area contributed by atoms with Crippen molar-refractivity contribution in [3.05, 3.63) is 29.8 Å². The summed E-state index contributed by atoms with van der Waals surface area (Å²) in [4.78, 5) is 14.8. The van der Waals surface area contributed by atoms with Gasteiger partial charge in [0, 0.05) is 25.7 Å². The number of guanidine groups is 1. The van der Waals surface area contributed by atoms with Gasteiger partial charge in [-0.1, -0.05) is 12.1 Å². The Labute approximate surface area is 162 Å². The topological polar surface area (TPSA) is 65.5 Å². The Bertz CT molecular complexity index is 547. The number of nitrogens with one attached hydrogen (secondary N) is 3. The predicted octanol–water partition coefficient (Wildman–Crippen LogP) is 3.31. The molecule has 0 unspecified atom stereocenters. The fourth-order valence-electron chi connectivity index (χ4n) is 1.92. The Balaban J connectivity index is 0.00000576. The number of hydrogen-bond donors (Lipinski definition) is 3. The molecule has 9 heteroatoms. The third-order valence-electron chi connectivity index (χ3n) is 2.99. The minimum atomic E-state index is -4.20. The third-order valence-corrected chi connectivity index (χ3v) is 2.99. The highest BCUT2D eigenvalue weighted by Crippen LogP contribution is 2.18. The van der Waals surface area contributed by atoms with Crippen LogP contribution in [0.4, 0.5) is 18.9 Å². The second kappa shape index (κ2) is 11.9. The third kappa shape index (κ3) is 11.6. The predicted molar refractivity (Wildman–Crippen MR) is 105 cm³/mol. The van der Waals surface area contributed by atoms with E-state index in [-0.39, 0.29) is 36.4 Å². The van der Waals surface area contributed by atoms with Crippen molar-refractivity contribution in [2.45, 2.75) is 32.9 Å². The number of alkyl halides is 3. The molecule has 0 aliphatic rings. The molecule has 0 fully saturated rings. The normalized spacial score (nSPS) is 11.5. The Hall–Kier alpha value is -1.52. The first-order chi connectivity index (χ1) is 11.3. The minimum Gasteiger partial charge on any atom is -0.357 e. The van der Waals surface area contributed by atoms with Crippen molar-refractivity contribution in [2.24, 2.45) is 4.99 Å². The highest BCUT2D eigenvalue weighted by Gasteiger charge is 2.26. The van der Waals surface area contributed by atoms with Crippen molar-refractivity contribution in [3.63, 3.8) is 0 Å². The van der Waals surface area contributed by atoms with Crippen LogP contribution in [-0.4, -0.2) is 37.7 Å². The van der Waals surface area contributed by atoms with Crippen LogP contribution in [-0.2, 0) is 11.2 Å². The van der Waals surface area contributed by atoms with Gasteiger partial charge in [0.2, 0.25) is 5.91 Å². The van der Waals surface area contributed by atoms with Gasteiger partial charge in [-0.05, 0) is 31.0 Å². The summed E-state index contributed by atoms with van der Waals surface area (Å²) >= 11 is 0. The van der Waals surface area contributed by atoms with E-state index >= 15 is 0 Å². The molecule has 1 rings (SSSR count). The van der Waals surface area contributed by atoms with E-state index in [4.69, 9.17) is 0 Å². The van der Waals surface area contributed by atoms with E-state index < -0.39 is 12.6 Å². The van der Waals surface area contributed by atoms with E-state index in [9.17, 15) is 18.0 Å². The highest BCUT2D eigenvalue weighted by molar-refractivity contribution is 14.0. The van der Waals surface area contributed by atoms with E-state index in [0.717, 1.165) is 11.3 Å². The van der Waals surface area contributed by atoms with E-state index in [1.807, 2.05) is 19.1 Å². The molecule has 142 valence electrons. The first-order valence-corrected chi connectivity index (χ1v) is 7.75. The van der Waals surface area contributed by atoms with Crippen LogP contribution in [0.25, 0.3) is 0 Å². The fourth-order valence-corrected chi connectivity index (χ4v) is 1.92. The number of halogens is 4. The number of nitrogens with zero attached hydrogens (tertiary/aromatic N) is 1. The summed E-state index contributed by atoms with van der Waals surface area (Å²) in [5, 5.41) is 8.60. The summed E-state index contributed by atoms with van der Waals surface area (Å²) in [5.41, 5.74) is 1.77. The first kappa shape index (κ1) is 23.5. The van der Waals surface area contributed by atoms with Crippen molar-refractivity contribution in [1.29, 1.82) is 0 Å². The van der Waals surface area contributed by atoms with Crippen LogP contribution in [0.1, 0.15) is 25.8 Å². The Kier molecular flexibility index (Phi) is 11.2. The molecule has 0 aliphatic heterocycles. The largest absolute Gasteiger partial charge is 0.390 e. The average molecular weight is 472 g/mol. The van der Waals surface area contributed by atoms with E-state index in [1.54, 1.807) is 12.1 Å². The van der Waals surface area contributed by atoms with Gasteiger partial charge < -0.3 is 16.0 Å². The van der Waals surface area contributed by atoms with Gasteiger partial charge >= 0.3 is 6.18 Å². The van der Waals surface area contributed by atoms with Crippen molar-refractivity contribution >= 4 is 41.5 Å². The maximum atomic E-state index is 12.1. The molecule has 0 atom stereocenters. The second-order valence-electron chi connectivity index (χ2n) is 5.18. The summed E-state index contributed by atoms with van der Waals surface area (Å²) in [5.74, 6) is 0.242. The number of anilines is 1. The summed E-state index contributed by atoms with van der Waals surface area (Å²) in [6, 6.07) is 7.39. The van der Waals surface area contributed by atoms with Gasteiger partial charge in [-0.2, -0.15) is 13.2 Å². The van der Waals surface area contributed by atoms with E-state index in [2.05, 4.69) is 20.9 Å². The van der Waals surface area contributed by atoms with Crippen LogP contribution in [0.2, 0.25) is 0 Å². The van der Waals surface area contributed by atoms with E-state index in [1.165, 1.54) is 6.92 Å². The van der Waals surface area contributed by atoms with Crippen molar-refractivity contribution in [3.8, 4) is 0 Å². The van der Waals surface area contributed by atoms with Gasteiger partial charge in [-0.3, -0.25) is 9.79 Å². The summed E-state index contributed by atoms with van der Waals surface area (Å²) < 4.78 is 36.4. The zero-order valence-corrected chi connectivity index (χ0v) is 16.6. The lowest BCUT2D eigenvalue weighted by Crippen LogP contribution is -2.38. The molecule has 1 aromatic carbocycles. The Morgan fingerprint density at radius 2 is 1.80 bits per heavy atom. The molecule has 0 aromatic heterocycles. The number of benzene rings is 1. The quantitative estimate of drug-likeness (QED) is 0.324. The highest BCUT2D eigenvalue weighted by atomic mass is 127. The molecular weight excluding hydrogens is 448 g/mol. The number of amides is 1. The smallest absolute Gasteiger partial charge is 0.357 e. The monoisotopic (exact) mass is 472 g/mol. The number of hydrogen-bond acceptors (Lipinski definition) is 2. The standard InChI is InChI=1S/C16H23F3N4O.HI/c1-3-20-15(22-11-9-16(17,18)19)21-10-8-13-4-6-14(7-5-13)23-12(2)24;/h4-7H,3,8-11H2,1-2H3,(H,23,24)(H2,20,21,22);1H. The summed E-state index contributed by atoms with van der Waals surface area (Å²) in [7, 11) is 0. The lowest BCUT2D eigenvalue weighted by molar-refractivity contribution is -0.132. The SMILES string of the molecule is CCNC(=NCCC(F)(F)F)NCCc1ccc(NC(C)=O)cc1.I. The maximum Gasteiger partial charge on any atom is 0.390 e. The number of aliphatic imine (C=N–C) groups is 1. The Morgan fingerprint density at radius 3 is 2.32 bits per heavy atom. The molecule has 0 aliphatic carbocycles. The van der Waals surface area contributed by atoms with Crippen molar-refractivity contribution in [1.82, 2.24) is 10.6 Å². The fraction of sp³-hybridized carbons (Fsp3) is 0.500. The molecule has 25 heavy (non-hydrogen) atoms. The molecule has 1 amide bonds. The van der Waals surface area contributed by atoms with Crippen LogP contribution >= 0.6 is 24.0 Å². The average Bonchev–Trinajstić information content (AvgIpc) is 2.47. The van der Waals surface area contributed by atoms with Crippen LogP contribution in [0.5, 0.6) is 0 Å². The van der Waals surface area contributed by atoms with Crippen LogP contribution in [0, 0.1) is 0 Å². The van der Waals surface area contributed by atoms with Crippen LogP contribution in [0.3, 0.4) is 0 Å². The van der Waals surface area contributed by atoms with Crippen molar-refractivity contribution in [2.75, 3.05) is 25.0 Å². The molecular formula is C16H24F3IN4O. The summed E-state index contributed by atoms with van der Waals surface area (Å²) in [6.45, 7) is 4.10. The molecule has 0 radical (unpaired) electrons. The lowest BCUT2D eigenvalue weighted by Gasteiger charge is -2.12. The van der Waals surface area contributed by atoms with Gasteiger partial charge in [-0.15, -0.1) is 24.0 Å². The van der Waals surface area contributed by atoms with Gasteiger partial charge in [0.15, 0.2) is 5.96 Å². The number of carbonyl (C=O) groups is 1. The maximum absolute atomic E-state index is 12.1. The zero-order chi connectivity index (χ0) is 18.0. The van der Waals surface area contributed by atoms with Crippen LogP contribution < -0.4 is 16.0 Å². The molecule has 0 saturated heterocycles. The number of rotatable bonds is 7. The zero-order valence-electron chi connectivity index (χ0n) is 14.2. The van der Waals surface area contributed by atoms with E-state index in [0.29, 0.717) is 25.5 Å². The van der Waals surface area contributed by atoms with Gasteiger partial charge in [0.25, 0.3) is 0 Å². The number of carbonyl (C=O) groups excluding carboxylic acids is 1. The summed E-state index contributed by atoms with van der Waals surface area (Å²) in [6.07, 6.45) is -4.45. The first-order valence-electron chi connectivity index (χ1n) is 7.75. The van der Waals surface area contributed by atoms with Gasteiger partial charge in [0.05, 0.1) is 13.0 Å². The molecule has 5 nitrogen and oxygen atoms in total. The molecule has 0 saturated carbocycles. The van der Waals surface area contributed by atoms with Gasteiger partial charge in [0.1, 0.15) is 0 Å². The van der Waals surface area contributed by atoms with Crippen LogP contribution in [0.15, 0.2) is 29.3 Å². The minimum absolute atomic E-state index is 0.